The monoisotopic (exact) mass is 453 g/mol. The molecule has 1 amide bonds. The number of allylic oxidation sites excluding steroid dienone is 4. The zero-order valence-electron chi connectivity index (χ0n) is 18.0. The van der Waals surface area contributed by atoms with Crippen LogP contribution in [0.5, 0.6) is 0 Å². The molecule has 2 N–H and O–H groups in total. The molecule has 1 aromatic carbocycles. The van der Waals surface area contributed by atoms with Crippen LogP contribution in [0.2, 0.25) is 0 Å². The van der Waals surface area contributed by atoms with Gasteiger partial charge in [0.1, 0.15) is 5.82 Å². The maximum Gasteiger partial charge on any atom is 0.392 e. The lowest BCUT2D eigenvalue weighted by molar-refractivity contribution is -0.188. The Labute approximate surface area is 184 Å². The van der Waals surface area contributed by atoms with E-state index in [1.54, 1.807) is 12.2 Å². The zero-order valence-corrected chi connectivity index (χ0v) is 18.0. The SMILES string of the molecule is CCC1=CCC([C@@H](C(=O)Nc2cc(C3(CC(=O)O)CC3)ccc2F)[C@@H](C)C(F)(F)F)C=C1. The fraction of sp³-hybridized carbons (Fsp3) is 0.500. The van der Waals surface area contributed by atoms with E-state index in [1.165, 1.54) is 12.1 Å². The molecule has 0 bridgehead atoms. The third kappa shape index (κ3) is 5.22. The molecule has 1 aromatic rings. The predicted molar refractivity (Wildman–Crippen MR) is 113 cm³/mol. The van der Waals surface area contributed by atoms with Gasteiger partial charge in [0.15, 0.2) is 0 Å². The molecule has 2 aliphatic carbocycles. The minimum Gasteiger partial charge on any atom is -0.481 e. The van der Waals surface area contributed by atoms with Crippen LogP contribution in [0, 0.1) is 23.6 Å². The van der Waals surface area contributed by atoms with Crippen molar-refractivity contribution < 1.29 is 32.3 Å². The number of carbonyl (C=O) groups is 2. The first kappa shape index (κ1) is 24.0. The van der Waals surface area contributed by atoms with Gasteiger partial charge in [0.05, 0.1) is 23.9 Å². The number of anilines is 1. The van der Waals surface area contributed by atoms with Gasteiger partial charge in [-0.2, -0.15) is 13.2 Å². The smallest absolute Gasteiger partial charge is 0.392 e. The Balaban J connectivity index is 1.86. The number of carbonyl (C=O) groups excluding carboxylic acids is 1. The number of carboxylic acid groups (broad SMARTS) is 1. The standard InChI is InChI=1S/C24H27F4NO3/c1-3-15-4-6-16(7-5-15)21(14(2)24(26,27)28)22(32)29-19-12-17(8-9-18(19)25)23(10-11-23)13-20(30)31/h4-6,8-9,12,14,16,21H,3,7,10-11,13H2,1-2H3,(H,29,32)(H,30,31)/t14-,16?,21+/m1/s1. The highest BCUT2D eigenvalue weighted by Crippen LogP contribution is 2.51. The van der Waals surface area contributed by atoms with Crippen molar-refractivity contribution in [2.24, 2.45) is 17.8 Å². The lowest BCUT2D eigenvalue weighted by Gasteiger charge is -2.31. The quantitative estimate of drug-likeness (QED) is 0.475. The third-order valence-electron chi connectivity index (χ3n) is 6.62. The molecule has 32 heavy (non-hydrogen) atoms. The molecule has 0 spiro atoms. The number of nitrogens with one attached hydrogen (secondary N) is 1. The van der Waals surface area contributed by atoms with E-state index in [9.17, 15) is 27.2 Å². The minimum atomic E-state index is -4.59. The van der Waals surface area contributed by atoms with Crippen molar-refractivity contribution in [2.45, 2.75) is 57.5 Å². The molecule has 3 rings (SSSR count). The summed E-state index contributed by atoms with van der Waals surface area (Å²) in [5.74, 6) is -6.70. The lowest BCUT2D eigenvalue weighted by Crippen LogP contribution is -2.40. The molecule has 1 saturated carbocycles. The molecular weight excluding hydrogens is 426 g/mol. The first-order valence-electron chi connectivity index (χ1n) is 10.7. The van der Waals surface area contributed by atoms with Gasteiger partial charge in [-0.25, -0.2) is 4.39 Å². The fourth-order valence-corrected chi connectivity index (χ4v) is 4.38. The van der Waals surface area contributed by atoms with E-state index < -0.39 is 47.0 Å². The number of hydrogen-bond donors (Lipinski definition) is 2. The molecule has 0 heterocycles. The van der Waals surface area contributed by atoms with Gasteiger partial charge in [-0.15, -0.1) is 0 Å². The summed E-state index contributed by atoms with van der Waals surface area (Å²) >= 11 is 0. The van der Waals surface area contributed by atoms with E-state index in [2.05, 4.69) is 5.32 Å². The topological polar surface area (TPSA) is 66.4 Å². The number of aliphatic carboxylic acids is 1. The molecular formula is C24H27F4NO3. The summed E-state index contributed by atoms with van der Waals surface area (Å²) in [6.45, 7) is 2.90. The second kappa shape index (κ2) is 9.08. The van der Waals surface area contributed by atoms with Crippen molar-refractivity contribution in [3.63, 3.8) is 0 Å². The fourth-order valence-electron chi connectivity index (χ4n) is 4.38. The van der Waals surface area contributed by atoms with Crippen LogP contribution in [-0.4, -0.2) is 23.2 Å². The van der Waals surface area contributed by atoms with Crippen LogP contribution in [0.25, 0.3) is 0 Å². The number of hydrogen-bond acceptors (Lipinski definition) is 2. The maximum absolute atomic E-state index is 14.5. The van der Waals surface area contributed by atoms with E-state index in [4.69, 9.17) is 5.11 Å². The van der Waals surface area contributed by atoms with Gasteiger partial charge in [0.25, 0.3) is 0 Å². The molecule has 0 aromatic heterocycles. The van der Waals surface area contributed by atoms with Gasteiger partial charge in [-0.3, -0.25) is 9.59 Å². The molecule has 174 valence electrons. The van der Waals surface area contributed by atoms with Crippen molar-refractivity contribution in [3.8, 4) is 0 Å². The highest BCUT2D eigenvalue weighted by atomic mass is 19.4. The van der Waals surface area contributed by atoms with Crippen LogP contribution in [0.1, 0.15) is 51.5 Å². The van der Waals surface area contributed by atoms with Crippen molar-refractivity contribution >= 4 is 17.6 Å². The van der Waals surface area contributed by atoms with Crippen LogP contribution >= 0.6 is 0 Å². The summed E-state index contributed by atoms with van der Waals surface area (Å²) in [6, 6.07) is 3.94. The summed E-state index contributed by atoms with van der Waals surface area (Å²) in [4.78, 5) is 24.2. The van der Waals surface area contributed by atoms with Crippen LogP contribution in [0.3, 0.4) is 0 Å². The number of benzene rings is 1. The van der Waals surface area contributed by atoms with Crippen molar-refractivity contribution in [1.82, 2.24) is 0 Å². The predicted octanol–water partition coefficient (Wildman–Crippen LogP) is 6.00. The molecule has 0 saturated heterocycles. The van der Waals surface area contributed by atoms with E-state index in [-0.39, 0.29) is 12.1 Å². The lowest BCUT2D eigenvalue weighted by atomic mass is 9.77. The molecule has 1 unspecified atom stereocenters. The average Bonchev–Trinajstić information content (AvgIpc) is 3.49. The third-order valence-corrected chi connectivity index (χ3v) is 6.62. The summed E-state index contributed by atoms with van der Waals surface area (Å²) in [5.41, 5.74) is 0.704. The Bertz CT molecular complexity index is 947. The average molecular weight is 453 g/mol. The highest BCUT2D eigenvalue weighted by Gasteiger charge is 2.48. The van der Waals surface area contributed by atoms with Crippen molar-refractivity contribution in [2.75, 3.05) is 5.32 Å². The van der Waals surface area contributed by atoms with Crippen molar-refractivity contribution in [1.29, 1.82) is 0 Å². The second-order valence-electron chi connectivity index (χ2n) is 8.78. The van der Waals surface area contributed by atoms with Crippen LogP contribution in [0.15, 0.2) is 42.0 Å². The highest BCUT2D eigenvalue weighted by molar-refractivity contribution is 5.93. The van der Waals surface area contributed by atoms with E-state index in [0.717, 1.165) is 25.0 Å². The Morgan fingerprint density at radius 2 is 1.97 bits per heavy atom. The van der Waals surface area contributed by atoms with Crippen molar-refractivity contribution in [3.05, 3.63) is 53.4 Å². The number of rotatable bonds is 8. The van der Waals surface area contributed by atoms with E-state index >= 15 is 0 Å². The number of halogens is 4. The van der Waals surface area contributed by atoms with E-state index in [0.29, 0.717) is 24.8 Å². The molecule has 0 aliphatic heterocycles. The Kier molecular flexibility index (Phi) is 6.81. The molecule has 3 atom stereocenters. The summed E-state index contributed by atoms with van der Waals surface area (Å²) in [5, 5.41) is 11.5. The van der Waals surface area contributed by atoms with Crippen LogP contribution < -0.4 is 5.32 Å². The number of carboxylic acids is 1. The summed E-state index contributed by atoms with van der Waals surface area (Å²) < 4.78 is 55.2. The Morgan fingerprint density at radius 1 is 1.28 bits per heavy atom. The van der Waals surface area contributed by atoms with Crippen LogP contribution in [0.4, 0.5) is 23.2 Å². The molecule has 0 radical (unpaired) electrons. The normalized spacial score (nSPS) is 21.4. The Hall–Kier alpha value is -2.64. The van der Waals surface area contributed by atoms with Gasteiger partial charge in [0, 0.05) is 5.41 Å². The number of amides is 1. The Morgan fingerprint density at radius 3 is 2.47 bits per heavy atom. The van der Waals surface area contributed by atoms with Gasteiger partial charge in [-0.1, -0.05) is 43.7 Å². The zero-order chi connectivity index (χ0) is 23.7. The molecule has 4 nitrogen and oxygen atoms in total. The summed E-state index contributed by atoms with van der Waals surface area (Å²) in [7, 11) is 0. The van der Waals surface area contributed by atoms with E-state index in [1.807, 2.05) is 13.0 Å². The van der Waals surface area contributed by atoms with Gasteiger partial charge >= 0.3 is 12.1 Å². The largest absolute Gasteiger partial charge is 0.481 e. The number of alkyl halides is 3. The first-order chi connectivity index (χ1) is 15.0. The molecule has 1 fully saturated rings. The maximum atomic E-state index is 14.5. The minimum absolute atomic E-state index is 0.126. The van der Waals surface area contributed by atoms with Gasteiger partial charge in [-0.05, 0) is 49.3 Å². The second-order valence-corrected chi connectivity index (χ2v) is 8.78. The van der Waals surface area contributed by atoms with Gasteiger partial charge < -0.3 is 10.4 Å². The van der Waals surface area contributed by atoms with Gasteiger partial charge in [0.2, 0.25) is 5.91 Å². The van der Waals surface area contributed by atoms with Crippen LogP contribution in [-0.2, 0) is 15.0 Å². The molecule has 2 aliphatic rings. The molecule has 8 heteroatoms. The summed E-state index contributed by atoms with van der Waals surface area (Å²) in [6.07, 6.45) is 2.75. The first-order valence-corrected chi connectivity index (χ1v) is 10.7.